The molecule has 1 unspecified atom stereocenters. The van der Waals surface area contributed by atoms with Gasteiger partial charge in [0.15, 0.2) is 6.10 Å². The number of hydrogen-bond donors (Lipinski definition) is 0. The van der Waals surface area contributed by atoms with Gasteiger partial charge in [-0.2, -0.15) is 0 Å². The van der Waals surface area contributed by atoms with Crippen molar-refractivity contribution < 1.29 is 28.6 Å². The molecule has 0 spiro atoms. The van der Waals surface area contributed by atoms with Gasteiger partial charge >= 0.3 is 17.9 Å². The Labute approximate surface area is 515 Å². The zero-order chi connectivity index (χ0) is 59.9. The van der Waals surface area contributed by atoms with Gasteiger partial charge < -0.3 is 14.2 Å². The summed E-state index contributed by atoms with van der Waals surface area (Å²) in [6.45, 7) is 6.52. The van der Waals surface area contributed by atoms with Crippen LogP contribution in [0.3, 0.4) is 0 Å². The highest BCUT2D eigenvalue weighted by Gasteiger charge is 2.19. The molecule has 0 aromatic rings. The molecule has 0 aliphatic carbocycles. The van der Waals surface area contributed by atoms with E-state index in [1.54, 1.807) is 0 Å². The van der Waals surface area contributed by atoms with Crippen molar-refractivity contribution in [3.63, 3.8) is 0 Å². The quantitative estimate of drug-likeness (QED) is 0.0261. The molecule has 0 saturated heterocycles. The zero-order valence-electron chi connectivity index (χ0n) is 55.2. The molecular formula is C77H136O6. The minimum Gasteiger partial charge on any atom is -0.462 e. The molecule has 6 nitrogen and oxygen atoms in total. The molecule has 0 aliphatic heterocycles. The fourth-order valence-electron chi connectivity index (χ4n) is 10.5. The Kier molecular flexibility index (Phi) is 68.2. The molecular weight excluding hydrogens is 1020 g/mol. The van der Waals surface area contributed by atoms with Gasteiger partial charge in [-0.25, -0.2) is 0 Å². The summed E-state index contributed by atoms with van der Waals surface area (Å²) in [7, 11) is 0. The molecule has 83 heavy (non-hydrogen) atoms. The molecule has 0 aliphatic rings. The van der Waals surface area contributed by atoms with Crippen LogP contribution in [-0.2, 0) is 28.6 Å². The monoisotopic (exact) mass is 1160 g/mol. The predicted molar refractivity (Wildman–Crippen MR) is 362 cm³/mol. The smallest absolute Gasteiger partial charge is 0.306 e. The highest BCUT2D eigenvalue weighted by atomic mass is 16.6. The first kappa shape index (κ1) is 79.6. The van der Waals surface area contributed by atoms with Crippen LogP contribution in [0.1, 0.15) is 367 Å². The zero-order valence-corrected chi connectivity index (χ0v) is 55.2. The van der Waals surface area contributed by atoms with Crippen LogP contribution in [-0.4, -0.2) is 37.2 Å². The fourth-order valence-corrected chi connectivity index (χ4v) is 10.5. The molecule has 0 radical (unpaired) electrons. The molecule has 0 aromatic carbocycles. The highest BCUT2D eigenvalue weighted by molar-refractivity contribution is 5.71. The van der Waals surface area contributed by atoms with E-state index in [0.717, 1.165) is 77.0 Å². The molecule has 6 heteroatoms. The number of ether oxygens (including phenoxy) is 3. The molecule has 0 amide bonds. The largest absolute Gasteiger partial charge is 0.462 e. The summed E-state index contributed by atoms with van der Waals surface area (Å²) in [5.41, 5.74) is 0. The lowest BCUT2D eigenvalue weighted by Gasteiger charge is -2.18. The van der Waals surface area contributed by atoms with Gasteiger partial charge in [-0.1, -0.05) is 350 Å². The highest BCUT2D eigenvalue weighted by Crippen LogP contribution is 2.18. The van der Waals surface area contributed by atoms with Gasteiger partial charge in [0.2, 0.25) is 0 Å². The second kappa shape index (κ2) is 71.1. The number of rotatable bonds is 66. The van der Waals surface area contributed by atoms with Crippen LogP contribution in [0.5, 0.6) is 0 Å². The lowest BCUT2D eigenvalue weighted by atomic mass is 10.0. The van der Waals surface area contributed by atoms with E-state index in [1.165, 1.54) is 244 Å². The third-order valence-corrected chi connectivity index (χ3v) is 15.9. The van der Waals surface area contributed by atoms with Crippen molar-refractivity contribution in [3.8, 4) is 0 Å². The fraction of sp³-hybridized carbons (Fsp3) is 0.779. The van der Waals surface area contributed by atoms with Crippen molar-refractivity contribution in [3.05, 3.63) is 85.1 Å². The number of hydrogen-bond acceptors (Lipinski definition) is 6. The second-order valence-corrected chi connectivity index (χ2v) is 24.1. The molecule has 0 fully saturated rings. The number of carbonyl (C=O) groups is 3. The maximum Gasteiger partial charge on any atom is 0.306 e. The molecule has 0 rings (SSSR count). The molecule has 1 atom stereocenters. The van der Waals surface area contributed by atoms with Gasteiger partial charge in [0, 0.05) is 19.3 Å². The normalized spacial score (nSPS) is 12.6. The van der Waals surface area contributed by atoms with Crippen LogP contribution in [0, 0.1) is 0 Å². The Morgan fingerprint density at radius 1 is 0.253 bits per heavy atom. The van der Waals surface area contributed by atoms with Crippen molar-refractivity contribution in [2.45, 2.75) is 374 Å². The van der Waals surface area contributed by atoms with E-state index in [9.17, 15) is 14.4 Å². The summed E-state index contributed by atoms with van der Waals surface area (Å²) in [6.07, 6.45) is 94.9. The summed E-state index contributed by atoms with van der Waals surface area (Å²) < 4.78 is 16.9. The summed E-state index contributed by atoms with van der Waals surface area (Å²) in [4.78, 5) is 38.5. The Balaban J connectivity index is 4.39. The first-order valence-electron chi connectivity index (χ1n) is 36.1. The molecule has 0 bridgehead atoms. The van der Waals surface area contributed by atoms with Crippen LogP contribution < -0.4 is 0 Å². The number of esters is 3. The minimum atomic E-state index is -0.808. The number of unbranched alkanes of at least 4 members (excludes halogenated alkanes) is 41. The number of allylic oxidation sites excluding steroid dienone is 14. The van der Waals surface area contributed by atoms with Gasteiger partial charge in [-0.15, -0.1) is 0 Å². The van der Waals surface area contributed by atoms with Crippen LogP contribution in [0.25, 0.3) is 0 Å². The SMILES string of the molecule is CC/C=C\C/C=C\C/C=C\C/C=C\C/C=C\C/C=C\CCC(=O)OCC(COC(=O)CCCCCCCCCCCCCCC/C=C\CCCCCCCCCC)OC(=O)CCCCCCCCCCCCCCCCCCCCCCC. The van der Waals surface area contributed by atoms with Gasteiger partial charge in [0.1, 0.15) is 13.2 Å². The van der Waals surface area contributed by atoms with Crippen LogP contribution in [0.4, 0.5) is 0 Å². The second-order valence-electron chi connectivity index (χ2n) is 24.1. The van der Waals surface area contributed by atoms with Crippen LogP contribution in [0.15, 0.2) is 85.1 Å². The van der Waals surface area contributed by atoms with E-state index >= 15 is 0 Å². The van der Waals surface area contributed by atoms with Crippen molar-refractivity contribution in [1.82, 2.24) is 0 Å². The lowest BCUT2D eigenvalue weighted by Crippen LogP contribution is -2.30. The molecule has 0 heterocycles. The minimum absolute atomic E-state index is 0.0961. The summed E-state index contributed by atoms with van der Waals surface area (Å²) in [5.74, 6) is -0.962. The van der Waals surface area contributed by atoms with E-state index in [1.807, 2.05) is 6.08 Å². The van der Waals surface area contributed by atoms with Gasteiger partial charge in [-0.05, 0) is 83.5 Å². The molecule has 480 valence electrons. The first-order valence-corrected chi connectivity index (χ1v) is 36.1. The number of carbonyl (C=O) groups excluding carboxylic acids is 3. The van der Waals surface area contributed by atoms with Crippen molar-refractivity contribution >= 4 is 17.9 Å². The topological polar surface area (TPSA) is 78.9 Å². The van der Waals surface area contributed by atoms with Crippen molar-refractivity contribution in [1.29, 1.82) is 0 Å². The van der Waals surface area contributed by atoms with Crippen molar-refractivity contribution in [2.75, 3.05) is 13.2 Å². The average Bonchev–Trinajstić information content (AvgIpc) is 3.49. The standard InChI is InChI=1S/C77H136O6/c1-4-7-10-13-16-19-22-25-28-31-34-36-37-38-39-41-43-46-49-52-55-58-61-64-67-70-76(79)82-73-74(72-81-75(78)69-66-63-60-57-54-51-48-45-42-33-30-27-24-21-18-15-12-9-6-3)83-77(80)71-68-65-62-59-56-53-50-47-44-40-35-32-29-26-23-20-17-14-11-8-5-2/h9,12,18,21,27,30-31,34,42,45,51,54,60,63,74H,4-8,10-11,13-17,19-20,22-26,28-29,32-33,35-41,43-44,46-50,52-53,55-59,61-62,64-73H2,1-3H3/b12-9-,21-18-,30-27-,34-31-,45-42-,54-51-,63-60-. The van der Waals surface area contributed by atoms with Crippen LogP contribution >= 0.6 is 0 Å². The average molecular weight is 1160 g/mol. The Bertz CT molecular complexity index is 1570. The van der Waals surface area contributed by atoms with Gasteiger partial charge in [0.05, 0.1) is 0 Å². The van der Waals surface area contributed by atoms with Gasteiger partial charge in [0.25, 0.3) is 0 Å². The summed E-state index contributed by atoms with van der Waals surface area (Å²) in [6, 6.07) is 0. The van der Waals surface area contributed by atoms with Gasteiger partial charge in [-0.3, -0.25) is 14.4 Å². The van der Waals surface area contributed by atoms with E-state index in [0.29, 0.717) is 19.3 Å². The van der Waals surface area contributed by atoms with E-state index < -0.39 is 6.10 Å². The third kappa shape index (κ3) is 69.3. The van der Waals surface area contributed by atoms with Crippen LogP contribution in [0.2, 0.25) is 0 Å². The van der Waals surface area contributed by atoms with E-state index in [4.69, 9.17) is 14.2 Å². The molecule has 0 N–H and O–H groups in total. The first-order chi connectivity index (χ1) is 41.0. The van der Waals surface area contributed by atoms with E-state index in [2.05, 4.69) is 99.8 Å². The maximum atomic E-state index is 13.0. The Hall–Kier alpha value is -3.41. The molecule has 0 saturated carbocycles. The Morgan fingerprint density at radius 3 is 0.807 bits per heavy atom. The predicted octanol–water partition coefficient (Wildman–Crippen LogP) is 25.0. The van der Waals surface area contributed by atoms with E-state index in [-0.39, 0.29) is 37.5 Å². The van der Waals surface area contributed by atoms with Crippen molar-refractivity contribution in [2.24, 2.45) is 0 Å². The molecule has 0 aromatic heterocycles. The summed E-state index contributed by atoms with van der Waals surface area (Å²) in [5, 5.41) is 0. The Morgan fingerprint density at radius 2 is 0.494 bits per heavy atom. The lowest BCUT2D eigenvalue weighted by molar-refractivity contribution is -0.166. The third-order valence-electron chi connectivity index (χ3n) is 15.9. The maximum absolute atomic E-state index is 13.0. The summed E-state index contributed by atoms with van der Waals surface area (Å²) >= 11 is 0.